The van der Waals surface area contributed by atoms with Crippen molar-refractivity contribution < 1.29 is 19.1 Å². The normalized spacial score (nSPS) is 13.7. The molecule has 0 rings (SSSR count). The van der Waals surface area contributed by atoms with E-state index in [-0.39, 0.29) is 18.4 Å². The van der Waals surface area contributed by atoms with E-state index in [9.17, 15) is 9.59 Å². The first kappa shape index (κ1) is 20.7. The molecule has 0 spiro atoms. The maximum atomic E-state index is 12.1. The van der Waals surface area contributed by atoms with Crippen LogP contribution < -0.4 is 5.32 Å². The fourth-order valence-corrected chi connectivity index (χ4v) is 2.20. The standard InChI is InChI=1S/C17H33NO4/c1-9-21-14(19)11-17(7,8)13(10-12(2)3)18-15(20)22-16(4,5)6/h12-13H,9-11H2,1-8H3,(H,18,20). The summed E-state index contributed by atoms with van der Waals surface area (Å²) in [6.07, 6.45) is 0.578. The van der Waals surface area contributed by atoms with Gasteiger partial charge in [0.2, 0.25) is 0 Å². The molecule has 0 aromatic rings. The molecule has 0 saturated carbocycles. The highest BCUT2D eigenvalue weighted by molar-refractivity contribution is 5.71. The predicted molar refractivity (Wildman–Crippen MR) is 87.6 cm³/mol. The molecular weight excluding hydrogens is 282 g/mol. The molecule has 0 bridgehead atoms. The lowest BCUT2D eigenvalue weighted by atomic mass is 9.77. The minimum absolute atomic E-state index is 0.160. The van der Waals surface area contributed by atoms with Crippen LogP contribution in [0.25, 0.3) is 0 Å². The lowest BCUT2D eigenvalue weighted by molar-refractivity contribution is -0.146. The van der Waals surface area contributed by atoms with Crippen molar-refractivity contribution in [2.75, 3.05) is 6.61 Å². The van der Waals surface area contributed by atoms with Crippen LogP contribution in [-0.4, -0.2) is 30.3 Å². The van der Waals surface area contributed by atoms with E-state index in [2.05, 4.69) is 19.2 Å². The van der Waals surface area contributed by atoms with Gasteiger partial charge in [0.15, 0.2) is 0 Å². The first-order chi connectivity index (χ1) is 9.87. The SMILES string of the molecule is CCOC(=O)CC(C)(C)C(CC(C)C)NC(=O)OC(C)(C)C. The largest absolute Gasteiger partial charge is 0.466 e. The molecule has 1 unspecified atom stereocenters. The van der Waals surface area contributed by atoms with Gasteiger partial charge in [0.1, 0.15) is 5.60 Å². The highest BCUT2D eigenvalue weighted by atomic mass is 16.6. The molecule has 0 heterocycles. The van der Waals surface area contributed by atoms with Crippen LogP contribution >= 0.6 is 0 Å². The fraction of sp³-hybridized carbons (Fsp3) is 0.882. The zero-order valence-electron chi connectivity index (χ0n) is 15.4. The minimum Gasteiger partial charge on any atom is -0.466 e. The summed E-state index contributed by atoms with van der Waals surface area (Å²) in [5.41, 5.74) is -0.953. The quantitative estimate of drug-likeness (QED) is 0.724. The monoisotopic (exact) mass is 315 g/mol. The topological polar surface area (TPSA) is 64.6 Å². The van der Waals surface area contributed by atoms with E-state index in [0.29, 0.717) is 12.5 Å². The Balaban J connectivity index is 4.94. The average molecular weight is 315 g/mol. The van der Waals surface area contributed by atoms with Gasteiger partial charge in [-0.25, -0.2) is 4.79 Å². The molecule has 0 radical (unpaired) electrons. The number of ether oxygens (including phenoxy) is 2. The second-order valence-corrected chi connectivity index (χ2v) is 7.80. The van der Waals surface area contributed by atoms with Crippen LogP contribution in [0.5, 0.6) is 0 Å². The van der Waals surface area contributed by atoms with E-state index in [1.807, 2.05) is 34.6 Å². The Morgan fingerprint density at radius 3 is 2.05 bits per heavy atom. The summed E-state index contributed by atoms with van der Waals surface area (Å²) in [6.45, 7) is 15.7. The maximum Gasteiger partial charge on any atom is 0.407 e. The molecule has 1 atom stereocenters. The number of alkyl carbamates (subject to hydrolysis) is 1. The molecule has 5 heteroatoms. The second-order valence-electron chi connectivity index (χ2n) is 7.80. The molecule has 1 N–H and O–H groups in total. The van der Waals surface area contributed by atoms with E-state index in [0.717, 1.165) is 6.42 Å². The minimum atomic E-state index is -0.544. The van der Waals surface area contributed by atoms with Crippen molar-refractivity contribution in [3.8, 4) is 0 Å². The molecule has 0 saturated heterocycles. The van der Waals surface area contributed by atoms with Gasteiger partial charge in [0, 0.05) is 6.04 Å². The lowest BCUT2D eigenvalue weighted by Crippen LogP contribution is -2.48. The number of carbonyl (C=O) groups excluding carboxylic acids is 2. The summed E-state index contributed by atoms with van der Waals surface area (Å²) < 4.78 is 10.4. The molecule has 0 aromatic carbocycles. The van der Waals surface area contributed by atoms with Crippen molar-refractivity contribution >= 4 is 12.1 Å². The van der Waals surface area contributed by atoms with Gasteiger partial charge in [-0.05, 0) is 45.4 Å². The molecular formula is C17H33NO4. The Kier molecular flexibility index (Phi) is 7.91. The highest BCUT2D eigenvalue weighted by Crippen LogP contribution is 2.30. The molecule has 0 aliphatic rings. The molecule has 0 aliphatic carbocycles. The van der Waals surface area contributed by atoms with Crippen LogP contribution in [0.3, 0.4) is 0 Å². The smallest absolute Gasteiger partial charge is 0.407 e. The average Bonchev–Trinajstić information content (AvgIpc) is 2.23. The third-order valence-corrected chi connectivity index (χ3v) is 3.25. The van der Waals surface area contributed by atoms with Crippen LogP contribution in [0.2, 0.25) is 0 Å². The zero-order chi connectivity index (χ0) is 17.6. The van der Waals surface area contributed by atoms with Gasteiger partial charge >= 0.3 is 12.1 Å². The maximum absolute atomic E-state index is 12.1. The number of esters is 1. The van der Waals surface area contributed by atoms with Gasteiger partial charge < -0.3 is 14.8 Å². The Bertz CT molecular complexity index is 369. The lowest BCUT2D eigenvalue weighted by Gasteiger charge is -2.35. The first-order valence-corrected chi connectivity index (χ1v) is 8.02. The second kappa shape index (κ2) is 8.39. The predicted octanol–water partition coefficient (Wildman–Crippen LogP) is 3.91. The molecule has 5 nitrogen and oxygen atoms in total. The van der Waals surface area contributed by atoms with Gasteiger partial charge in [-0.1, -0.05) is 27.7 Å². The summed E-state index contributed by atoms with van der Waals surface area (Å²) in [5.74, 6) is 0.147. The molecule has 0 aliphatic heterocycles. The number of rotatable bonds is 7. The summed E-state index contributed by atoms with van der Waals surface area (Å²) in [7, 11) is 0. The molecule has 1 amide bonds. The zero-order valence-corrected chi connectivity index (χ0v) is 15.4. The van der Waals surface area contributed by atoms with Crippen LogP contribution in [0.15, 0.2) is 0 Å². The molecule has 22 heavy (non-hydrogen) atoms. The van der Waals surface area contributed by atoms with Crippen LogP contribution in [-0.2, 0) is 14.3 Å². The number of hydrogen-bond acceptors (Lipinski definition) is 4. The number of hydrogen-bond donors (Lipinski definition) is 1. The van der Waals surface area contributed by atoms with E-state index < -0.39 is 17.1 Å². The molecule has 0 fully saturated rings. The third kappa shape index (κ3) is 8.90. The van der Waals surface area contributed by atoms with Gasteiger partial charge in [-0.3, -0.25) is 4.79 Å². The van der Waals surface area contributed by atoms with Crippen LogP contribution in [0.1, 0.15) is 68.2 Å². The highest BCUT2D eigenvalue weighted by Gasteiger charge is 2.35. The van der Waals surface area contributed by atoms with E-state index >= 15 is 0 Å². The summed E-state index contributed by atoms with van der Waals surface area (Å²) >= 11 is 0. The van der Waals surface area contributed by atoms with Crippen molar-refractivity contribution in [2.45, 2.75) is 79.9 Å². The van der Waals surface area contributed by atoms with Gasteiger partial charge in [-0.2, -0.15) is 0 Å². The van der Waals surface area contributed by atoms with Crippen LogP contribution in [0.4, 0.5) is 4.79 Å². The van der Waals surface area contributed by atoms with Crippen molar-refractivity contribution in [2.24, 2.45) is 11.3 Å². The Morgan fingerprint density at radius 2 is 1.64 bits per heavy atom. The summed E-state index contributed by atoms with van der Waals surface area (Å²) in [5, 5.41) is 2.92. The van der Waals surface area contributed by atoms with Crippen LogP contribution in [0, 0.1) is 11.3 Å². The van der Waals surface area contributed by atoms with Crippen molar-refractivity contribution in [1.82, 2.24) is 5.32 Å². The van der Waals surface area contributed by atoms with E-state index in [4.69, 9.17) is 9.47 Å². The van der Waals surface area contributed by atoms with Gasteiger partial charge in [0.25, 0.3) is 0 Å². The van der Waals surface area contributed by atoms with Crippen molar-refractivity contribution in [3.05, 3.63) is 0 Å². The Hall–Kier alpha value is -1.26. The van der Waals surface area contributed by atoms with Crippen molar-refractivity contribution in [3.63, 3.8) is 0 Å². The number of amides is 1. The first-order valence-electron chi connectivity index (χ1n) is 8.02. The number of carbonyl (C=O) groups is 2. The summed E-state index contributed by atoms with van der Waals surface area (Å²) in [4.78, 5) is 23.9. The Morgan fingerprint density at radius 1 is 1.09 bits per heavy atom. The van der Waals surface area contributed by atoms with Gasteiger partial charge in [0.05, 0.1) is 13.0 Å². The molecule has 0 aromatic heterocycles. The molecule has 130 valence electrons. The number of nitrogens with one attached hydrogen (secondary N) is 1. The Labute approximate surface area is 135 Å². The van der Waals surface area contributed by atoms with E-state index in [1.54, 1.807) is 6.92 Å². The van der Waals surface area contributed by atoms with Gasteiger partial charge in [-0.15, -0.1) is 0 Å². The van der Waals surface area contributed by atoms with E-state index in [1.165, 1.54) is 0 Å². The summed E-state index contributed by atoms with van der Waals surface area (Å²) in [6, 6.07) is -0.160. The fourth-order valence-electron chi connectivity index (χ4n) is 2.20. The van der Waals surface area contributed by atoms with Crippen molar-refractivity contribution in [1.29, 1.82) is 0 Å². The third-order valence-electron chi connectivity index (χ3n) is 3.25.